The van der Waals surface area contributed by atoms with Crippen LogP contribution < -0.4 is 14.8 Å². The molecule has 0 amide bonds. The second kappa shape index (κ2) is 10.6. The van der Waals surface area contributed by atoms with Gasteiger partial charge in [-0.25, -0.2) is 0 Å². The first-order chi connectivity index (χ1) is 12.7. The molecule has 0 saturated carbocycles. The van der Waals surface area contributed by atoms with Crippen molar-refractivity contribution in [3.05, 3.63) is 54.1 Å². The van der Waals surface area contributed by atoms with E-state index in [4.69, 9.17) is 26.4 Å². The second-order valence-corrected chi connectivity index (χ2v) is 6.01. The van der Waals surface area contributed by atoms with Crippen molar-refractivity contribution in [3.8, 4) is 11.5 Å². The van der Waals surface area contributed by atoms with Gasteiger partial charge in [0.15, 0.2) is 5.11 Å². The van der Waals surface area contributed by atoms with E-state index in [-0.39, 0.29) is 0 Å². The third kappa shape index (κ3) is 5.89. The predicted octanol–water partition coefficient (Wildman–Crippen LogP) is 3.94. The van der Waals surface area contributed by atoms with E-state index >= 15 is 0 Å². The zero-order chi connectivity index (χ0) is 18.8. The maximum atomic E-state index is 5.66. The molecule has 2 aromatic rings. The van der Waals surface area contributed by atoms with Crippen molar-refractivity contribution in [2.45, 2.75) is 13.5 Å². The Hall–Kier alpha value is -2.31. The van der Waals surface area contributed by atoms with E-state index in [1.807, 2.05) is 55.5 Å². The van der Waals surface area contributed by atoms with Gasteiger partial charge in [-0.2, -0.15) is 0 Å². The zero-order valence-electron chi connectivity index (χ0n) is 15.5. The van der Waals surface area contributed by atoms with Crippen LogP contribution in [-0.4, -0.2) is 44.0 Å². The Bertz CT molecular complexity index is 692. The number of anilines is 1. The lowest BCUT2D eigenvalue weighted by molar-refractivity contribution is 0.175. The van der Waals surface area contributed by atoms with Crippen LogP contribution in [-0.2, 0) is 11.3 Å². The largest absolute Gasteiger partial charge is 0.497 e. The van der Waals surface area contributed by atoms with Crippen molar-refractivity contribution in [2.75, 3.05) is 39.3 Å². The number of nitrogens with zero attached hydrogens (tertiary/aromatic N) is 1. The molecule has 0 atom stereocenters. The minimum Gasteiger partial charge on any atom is -0.497 e. The molecule has 2 rings (SSSR count). The highest BCUT2D eigenvalue weighted by molar-refractivity contribution is 7.80. The van der Waals surface area contributed by atoms with Gasteiger partial charge in [-0.1, -0.05) is 24.3 Å². The highest BCUT2D eigenvalue weighted by Gasteiger charge is 2.13. The molecule has 5 nitrogen and oxygen atoms in total. The highest BCUT2D eigenvalue weighted by atomic mass is 32.1. The predicted molar refractivity (Wildman–Crippen MR) is 109 cm³/mol. The van der Waals surface area contributed by atoms with Crippen LogP contribution in [0.2, 0.25) is 0 Å². The summed E-state index contributed by atoms with van der Waals surface area (Å²) in [6.07, 6.45) is 0. The molecular weight excluding hydrogens is 348 g/mol. The molecule has 26 heavy (non-hydrogen) atoms. The fraction of sp³-hybridized carbons (Fsp3) is 0.350. The van der Waals surface area contributed by atoms with Crippen molar-refractivity contribution in [3.63, 3.8) is 0 Å². The van der Waals surface area contributed by atoms with Crippen LogP contribution in [0.4, 0.5) is 5.69 Å². The van der Waals surface area contributed by atoms with Gasteiger partial charge in [-0.15, -0.1) is 0 Å². The van der Waals surface area contributed by atoms with Gasteiger partial charge in [-0.05, 0) is 49.0 Å². The normalized spacial score (nSPS) is 10.3. The van der Waals surface area contributed by atoms with Gasteiger partial charge < -0.3 is 24.4 Å². The summed E-state index contributed by atoms with van der Waals surface area (Å²) >= 11 is 5.64. The molecule has 0 bridgehead atoms. The lowest BCUT2D eigenvalue weighted by Crippen LogP contribution is -2.36. The molecule has 0 saturated heterocycles. The summed E-state index contributed by atoms with van der Waals surface area (Å²) in [6.45, 7) is 4.51. The van der Waals surface area contributed by atoms with Crippen molar-refractivity contribution < 1.29 is 14.2 Å². The zero-order valence-corrected chi connectivity index (χ0v) is 16.3. The quantitative estimate of drug-likeness (QED) is 0.671. The van der Waals surface area contributed by atoms with E-state index in [0.29, 0.717) is 31.4 Å². The van der Waals surface area contributed by atoms with Crippen molar-refractivity contribution in [1.82, 2.24) is 4.90 Å². The van der Waals surface area contributed by atoms with E-state index in [1.54, 1.807) is 14.2 Å². The Morgan fingerprint density at radius 2 is 1.81 bits per heavy atom. The lowest BCUT2D eigenvalue weighted by atomic mass is 10.2. The summed E-state index contributed by atoms with van der Waals surface area (Å²) in [6, 6.07) is 15.8. The number of benzene rings is 2. The number of hydrogen-bond acceptors (Lipinski definition) is 4. The average Bonchev–Trinajstić information content (AvgIpc) is 2.67. The van der Waals surface area contributed by atoms with Crippen LogP contribution in [0, 0.1) is 0 Å². The molecule has 0 unspecified atom stereocenters. The number of methoxy groups -OCH3 is 2. The van der Waals surface area contributed by atoms with E-state index in [9.17, 15) is 0 Å². The summed E-state index contributed by atoms with van der Waals surface area (Å²) < 4.78 is 16.1. The fourth-order valence-electron chi connectivity index (χ4n) is 2.45. The van der Waals surface area contributed by atoms with Crippen LogP contribution in [0.15, 0.2) is 48.5 Å². The van der Waals surface area contributed by atoms with Crippen LogP contribution in [0.5, 0.6) is 11.5 Å². The van der Waals surface area contributed by atoms with Gasteiger partial charge in [0.05, 0.1) is 26.0 Å². The topological polar surface area (TPSA) is 43.0 Å². The van der Waals surface area contributed by atoms with Crippen LogP contribution in [0.3, 0.4) is 0 Å². The van der Waals surface area contributed by atoms with Gasteiger partial charge in [0.2, 0.25) is 0 Å². The molecule has 0 heterocycles. The maximum absolute atomic E-state index is 5.66. The smallest absolute Gasteiger partial charge is 0.173 e. The molecular formula is C20H26N2O3S. The number of thiocarbonyl (C=S) groups is 1. The van der Waals surface area contributed by atoms with Gasteiger partial charge in [0, 0.05) is 20.2 Å². The van der Waals surface area contributed by atoms with E-state index in [0.717, 1.165) is 22.7 Å². The van der Waals surface area contributed by atoms with Crippen LogP contribution in [0.25, 0.3) is 0 Å². The van der Waals surface area contributed by atoms with E-state index in [2.05, 4.69) is 10.2 Å². The Morgan fingerprint density at radius 1 is 1.08 bits per heavy atom. The molecule has 0 aliphatic heterocycles. The standard InChI is InChI=1S/C20H26N2O3S/c1-4-25-19-8-6-5-7-18(19)21-20(26)22(13-14-23-2)15-16-9-11-17(24-3)12-10-16/h5-12H,4,13-15H2,1-3H3,(H,21,26). The van der Waals surface area contributed by atoms with Gasteiger partial charge in [0.25, 0.3) is 0 Å². The Morgan fingerprint density at radius 3 is 2.46 bits per heavy atom. The summed E-state index contributed by atoms with van der Waals surface area (Å²) in [5.41, 5.74) is 2.00. The number of ether oxygens (including phenoxy) is 3. The molecule has 1 N–H and O–H groups in total. The number of hydrogen-bond donors (Lipinski definition) is 1. The maximum Gasteiger partial charge on any atom is 0.173 e. The molecule has 2 aromatic carbocycles. The molecule has 140 valence electrons. The van der Waals surface area contributed by atoms with Crippen LogP contribution >= 0.6 is 12.2 Å². The minimum atomic E-state index is 0.588. The summed E-state index contributed by atoms with van der Waals surface area (Å²) in [5, 5.41) is 3.93. The third-order valence-electron chi connectivity index (χ3n) is 3.81. The van der Waals surface area contributed by atoms with Gasteiger partial charge in [0.1, 0.15) is 11.5 Å². The van der Waals surface area contributed by atoms with Gasteiger partial charge in [-0.3, -0.25) is 0 Å². The Kier molecular flexibility index (Phi) is 8.18. The molecule has 0 aromatic heterocycles. The SMILES string of the molecule is CCOc1ccccc1NC(=S)N(CCOC)Cc1ccc(OC)cc1. The van der Waals surface area contributed by atoms with Crippen LogP contribution in [0.1, 0.15) is 12.5 Å². The molecule has 0 aliphatic rings. The minimum absolute atomic E-state index is 0.588. The number of para-hydroxylation sites is 2. The summed E-state index contributed by atoms with van der Waals surface area (Å²) in [5.74, 6) is 1.62. The van der Waals surface area contributed by atoms with Gasteiger partial charge >= 0.3 is 0 Å². The first kappa shape index (κ1) is 20.0. The lowest BCUT2D eigenvalue weighted by Gasteiger charge is -2.26. The van der Waals surface area contributed by atoms with E-state index < -0.39 is 0 Å². The molecule has 6 heteroatoms. The molecule has 0 fully saturated rings. The van der Waals surface area contributed by atoms with Crippen molar-refractivity contribution in [2.24, 2.45) is 0 Å². The number of nitrogens with one attached hydrogen (secondary N) is 1. The van der Waals surface area contributed by atoms with Crippen molar-refractivity contribution in [1.29, 1.82) is 0 Å². The summed E-state index contributed by atoms with van der Waals surface area (Å²) in [4.78, 5) is 2.07. The Balaban J connectivity index is 2.10. The molecule has 0 aliphatic carbocycles. The average molecular weight is 375 g/mol. The molecule has 0 spiro atoms. The Labute approximate surface area is 160 Å². The monoisotopic (exact) mass is 374 g/mol. The second-order valence-electron chi connectivity index (χ2n) is 5.62. The first-order valence-electron chi connectivity index (χ1n) is 8.57. The molecule has 0 radical (unpaired) electrons. The first-order valence-corrected chi connectivity index (χ1v) is 8.98. The van der Waals surface area contributed by atoms with E-state index in [1.165, 1.54) is 0 Å². The number of rotatable bonds is 9. The van der Waals surface area contributed by atoms with Crippen molar-refractivity contribution >= 4 is 23.0 Å². The third-order valence-corrected chi connectivity index (χ3v) is 4.17. The summed E-state index contributed by atoms with van der Waals surface area (Å²) in [7, 11) is 3.35. The fourth-order valence-corrected chi connectivity index (χ4v) is 2.72. The highest BCUT2D eigenvalue weighted by Crippen LogP contribution is 2.24.